The number of sulfonamides is 1. The Balaban J connectivity index is 2.29. The topological polar surface area (TPSA) is 95.6 Å². The molecule has 1 aromatic carbocycles. The van der Waals surface area contributed by atoms with Gasteiger partial charge in [-0.15, -0.1) is 0 Å². The fraction of sp³-hybridized carbons (Fsp3) is 0.556. The van der Waals surface area contributed by atoms with Crippen molar-refractivity contribution >= 4 is 39.2 Å². The van der Waals surface area contributed by atoms with Gasteiger partial charge in [0.2, 0.25) is 15.9 Å². The minimum absolute atomic E-state index is 0.0677. The van der Waals surface area contributed by atoms with Crippen LogP contribution in [0.2, 0.25) is 5.02 Å². The van der Waals surface area contributed by atoms with Gasteiger partial charge in [-0.3, -0.25) is 4.79 Å². The number of hydrogen-bond donors (Lipinski definition) is 2. The van der Waals surface area contributed by atoms with E-state index in [1.165, 1.54) is 11.9 Å². The predicted molar refractivity (Wildman–Crippen MR) is 107 cm³/mol. The van der Waals surface area contributed by atoms with Crippen LogP contribution in [0.1, 0.15) is 57.1 Å². The van der Waals surface area contributed by atoms with Crippen molar-refractivity contribution in [2.75, 3.05) is 18.9 Å². The van der Waals surface area contributed by atoms with Crippen LogP contribution in [0.3, 0.4) is 0 Å². The quantitative estimate of drug-likeness (QED) is 0.771. The van der Waals surface area contributed by atoms with Crippen molar-refractivity contribution in [3.05, 3.63) is 28.3 Å². The monoisotopic (exact) mass is 415 g/mol. The van der Waals surface area contributed by atoms with Gasteiger partial charge >= 0.3 is 6.03 Å². The summed E-state index contributed by atoms with van der Waals surface area (Å²) in [6, 6.07) is 2.64. The third kappa shape index (κ3) is 4.73. The number of hydrogen-bond acceptors (Lipinski definition) is 4. The van der Waals surface area contributed by atoms with Crippen LogP contribution in [-0.4, -0.2) is 44.1 Å². The summed E-state index contributed by atoms with van der Waals surface area (Å²) in [5.74, 6) is -0.371. The second-order valence-corrected chi connectivity index (χ2v) is 9.71. The van der Waals surface area contributed by atoms with Crippen molar-refractivity contribution < 1.29 is 18.0 Å². The molecule has 1 aliphatic heterocycles. The Morgan fingerprint density at radius 3 is 2.11 bits per heavy atom. The molecule has 0 radical (unpaired) electrons. The van der Waals surface area contributed by atoms with E-state index in [1.807, 2.05) is 32.4 Å². The van der Waals surface area contributed by atoms with E-state index in [0.29, 0.717) is 17.3 Å². The standard InChI is InChI=1S/C18H26ClN3O4S/c1-10(2)13-8-12(19)9-14(11(3)4)16(13)20-18(24)21-27(25,26)15-6-7-22(5)17(15)23/h8-11,15H,6-7H2,1-5H3,(H2,20,21,24). The average molecular weight is 416 g/mol. The summed E-state index contributed by atoms with van der Waals surface area (Å²) in [6.07, 6.45) is 0.160. The molecule has 0 aliphatic carbocycles. The largest absolute Gasteiger partial charge is 0.345 e. The number of anilines is 1. The van der Waals surface area contributed by atoms with Crippen LogP contribution in [-0.2, 0) is 14.8 Å². The fourth-order valence-electron chi connectivity index (χ4n) is 3.12. The summed E-state index contributed by atoms with van der Waals surface area (Å²) in [6.45, 7) is 8.19. The van der Waals surface area contributed by atoms with Crippen molar-refractivity contribution in [3.8, 4) is 0 Å². The molecule has 1 aliphatic rings. The highest BCUT2D eigenvalue weighted by atomic mass is 35.5. The van der Waals surface area contributed by atoms with E-state index >= 15 is 0 Å². The first-order chi connectivity index (χ1) is 12.4. The maximum Gasteiger partial charge on any atom is 0.332 e. The van der Waals surface area contributed by atoms with Crippen LogP contribution in [0, 0.1) is 0 Å². The molecule has 1 atom stereocenters. The van der Waals surface area contributed by atoms with Gasteiger partial charge in [0.15, 0.2) is 5.25 Å². The summed E-state index contributed by atoms with van der Waals surface area (Å²) < 4.78 is 26.9. The first kappa shape index (κ1) is 21.5. The molecule has 0 saturated carbocycles. The Bertz CT molecular complexity index is 823. The molecule has 1 fully saturated rings. The highest BCUT2D eigenvalue weighted by Gasteiger charge is 2.40. The lowest BCUT2D eigenvalue weighted by Gasteiger charge is -2.21. The lowest BCUT2D eigenvalue weighted by Crippen LogP contribution is -2.44. The number of carbonyl (C=O) groups excluding carboxylic acids is 2. The van der Waals surface area contributed by atoms with Gasteiger partial charge in [-0.2, -0.15) is 0 Å². The first-order valence-corrected chi connectivity index (χ1v) is 10.8. The van der Waals surface area contributed by atoms with E-state index < -0.39 is 27.2 Å². The third-order valence-electron chi connectivity index (χ3n) is 4.63. The molecule has 150 valence electrons. The molecule has 1 unspecified atom stereocenters. The molecule has 3 amide bonds. The molecule has 0 spiro atoms. The number of amides is 3. The maximum atomic E-state index is 12.4. The van der Waals surface area contributed by atoms with E-state index in [2.05, 4.69) is 5.32 Å². The molecular weight excluding hydrogens is 390 g/mol. The van der Waals surface area contributed by atoms with E-state index in [9.17, 15) is 18.0 Å². The number of benzene rings is 1. The SMILES string of the molecule is CC(C)c1cc(Cl)cc(C(C)C)c1NC(=O)NS(=O)(=O)C1CCN(C)C1=O. The summed E-state index contributed by atoms with van der Waals surface area (Å²) in [4.78, 5) is 25.8. The number of rotatable bonds is 5. The average Bonchev–Trinajstić information content (AvgIpc) is 2.87. The lowest BCUT2D eigenvalue weighted by molar-refractivity contribution is -0.126. The maximum absolute atomic E-state index is 12.4. The summed E-state index contributed by atoms with van der Waals surface area (Å²) >= 11 is 6.20. The van der Waals surface area contributed by atoms with Crippen molar-refractivity contribution in [3.63, 3.8) is 0 Å². The van der Waals surface area contributed by atoms with Crippen molar-refractivity contribution in [2.24, 2.45) is 0 Å². The van der Waals surface area contributed by atoms with E-state index in [1.54, 1.807) is 12.1 Å². The van der Waals surface area contributed by atoms with Crippen LogP contribution < -0.4 is 10.0 Å². The highest BCUT2D eigenvalue weighted by molar-refractivity contribution is 7.91. The number of nitrogens with one attached hydrogen (secondary N) is 2. The Labute approximate surface area is 165 Å². The van der Waals surface area contributed by atoms with Gasteiger partial charge in [0.05, 0.1) is 0 Å². The van der Waals surface area contributed by atoms with Gasteiger partial charge in [0.25, 0.3) is 0 Å². The molecular formula is C18H26ClN3O4S. The predicted octanol–water partition coefficient (Wildman–Crippen LogP) is 3.27. The van der Waals surface area contributed by atoms with Gasteiger partial charge in [-0.05, 0) is 41.5 Å². The third-order valence-corrected chi connectivity index (χ3v) is 6.51. The smallest absolute Gasteiger partial charge is 0.332 e. The zero-order chi connectivity index (χ0) is 20.5. The molecule has 1 heterocycles. The molecule has 0 bridgehead atoms. The van der Waals surface area contributed by atoms with Gasteiger partial charge in [0.1, 0.15) is 0 Å². The molecule has 2 rings (SSSR count). The second-order valence-electron chi connectivity index (χ2n) is 7.41. The Hall–Kier alpha value is -1.80. The number of halogens is 1. The van der Waals surface area contributed by atoms with Crippen LogP contribution in [0.15, 0.2) is 12.1 Å². The van der Waals surface area contributed by atoms with Crippen molar-refractivity contribution in [1.82, 2.24) is 9.62 Å². The number of urea groups is 1. The molecule has 9 heteroatoms. The first-order valence-electron chi connectivity index (χ1n) is 8.85. The minimum atomic E-state index is -4.12. The summed E-state index contributed by atoms with van der Waals surface area (Å²) in [5.41, 5.74) is 2.18. The van der Waals surface area contributed by atoms with E-state index in [-0.39, 0.29) is 18.3 Å². The van der Waals surface area contributed by atoms with Crippen molar-refractivity contribution in [2.45, 2.75) is 51.2 Å². The zero-order valence-electron chi connectivity index (χ0n) is 16.2. The van der Waals surface area contributed by atoms with Crippen LogP contribution in [0.5, 0.6) is 0 Å². The van der Waals surface area contributed by atoms with Crippen LogP contribution >= 0.6 is 11.6 Å². The van der Waals surface area contributed by atoms with Crippen LogP contribution in [0.4, 0.5) is 10.5 Å². The minimum Gasteiger partial charge on any atom is -0.345 e. The van der Waals surface area contributed by atoms with E-state index in [4.69, 9.17) is 11.6 Å². The normalized spacial score (nSPS) is 17.7. The summed E-state index contributed by atoms with van der Waals surface area (Å²) in [7, 11) is -2.58. The van der Waals surface area contributed by atoms with Gasteiger partial charge in [0, 0.05) is 24.3 Å². The lowest BCUT2D eigenvalue weighted by atomic mass is 9.92. The zero-order valence-corrected chi connectivity index (χ0v) is 17.7. The van der Waals surface area contributed by atoms with E-state index in [0.717, 1.165) is 11.1 Å². The Kier molecular flexibility index (Phi) is 6.42. The second kappa shape index (κ2) is 8.06. The highest BCUT2D eigenvalue weighted by Crippen LogP contribution is 2.35. The van der Waals surface area contributed by atoms with Gasteiger partial charge in [-0.1, -0.05) is 39.3 Å². The number of nitrogens with zero attached hydrogens (tertiary/aromatic N) is 1. The molecule has 1 aromatic rings. The fourth-order valence-corrected chi connectivity index (χ4v) is 4.67. The Morgan fingerprint density at radius 1 is 1.19 bits per heavy atom. The van der Waals surface area contributed by atoms with Gasteiger partial charge in [-0.25, -0.2) is 17.9 Å². The van der Waals surface area contributed by atoms with Crippen molar-refractivity contribution in [1.29, 1.82) is 0 Å². The number of carbonyl (C=O) groups is 2. The van der Waals surface area contributed by atoms with Gasteiger partial charge < -0.3 is 10.2 Å². The molecule has 27 heavy (non-hydrogen) atoms. The molecule has 2 N–H and O–H groups in total. The Morgan fingerprint density at radius 2 is 1.70 bits per heavy atom. The number of likely N-dealkylation sites (tertiary alicyclic amines) is 1. The van der Waals surface area contributed by atoms with Crippen LogP contribution in [0.25, 0.3) is 0 Å². The molecule has 1 saturated heterocycles. The molecule has 7 nitrogen and oxygen atoms in total. The summed E-state index contributed by atoms with van der Waals surface area (Å²) in [5, 5.41) is 1.98. The molecule has 0 aromatic heterocycles.